The van der Waals surface area contributed by atoms with Gasteiger partial charge in [-0.3, -0.25) is 0 Å². The third kappa shape index (κ3) is 5.07. The monoisotopic (exact) mass is 338 g/mol. The van der Waals surface area contributed by atoms with Crippen molar-refractivity contribution in [2.45, 2.75) is 70.3 Å². The molecule has 136 valence electrons. The molecule has 0 bridgehead atoms. The normalized spacial score (nSPS) is 29.5. The highest BCUT2D eigenvalue weighted by atomic mass is 16.5. The summed E-state index contributed by atoms with van der Waals surface area (Å²) in [6.45, 7) is 6.58. The van der Waals surface area contributed by atoms with Crippen LogP contribution >= 0.6 is 0 Å². The van der Waals surface area contributed by atoms with Crippen molar-refractivity contribution < 1.29 is 4.74 Å². The maximum atomic E-state index is 5.92. The fraction of sp³-hybridized carbons (Fsp3) is 0.583. The van der Waals surface area contributed by atoms with Crippen LogP contribution in [0.3, 0.4) is 0 Å². The van der Waals surface area contributed by atoms with Crippen molar-refractivity contribution in [2.75, 3.05) is 6.61 Å². The van der Waals surface area contributed by atoms with Gasteiger partial charge in [0, 0.05) is 0 Å². The molecule has 3 rings (SSSR count). The maximum absolute atomic E-state index is 5.92. The Hall–Kier alpha value is -1.34. The summed E-state index contributed by atoms with van der Waals surface area (Å²) in [5, 5.41) is 0. The Labute approximate surface area is 154 Å². The molecule has 25 heavy (non-hydrogen) atoms. The van der Waals surface area contributed by atoms with Crippen molar-refractivity contribution in [1.29, 1.82) is 0 Å². The van der Waals surface area contributed by atoms with Gasteiger partial charge in [0.1, 0.15) is 0 Å². The third-order valence-corrected chi connectivity index (χ3v) is 6.30. The number of ether oxygens (including phenoxy) is 1. The van der Waals surface area contributed by atoms with Gasteiger partial charge >= 0.3 is 0 Å². The van der Waals surface area contributed by atoms with E-state index in [2.05, 4.69) is 49.9 Å². The Morgan fingerprint density at radius 1 is 1.04 bits per heavy atom. The molecule has 0 aliphatic heterocycles. The van der Waals surface area contributed by atoms with Crippen molar-refractivity contribution in [2.24, 2.45) is 11.8 Å². The average molecular weight is 339 g/mol. The first kappa shape index (κ1) is 18.5. The predicted molar refractivity (Wildman–Crippen MR) is 107 cm³/mol. The smallest absolute Gasteiger partial charge is 0.0648 e. The molecule has 0 aromatic heterocycles. The standard InChI is InChI=1S/C24H34O/c1-3-5-6-7-19-8-10-20(11-9-19)21-12-13-23-18-24(25-16-4-2)15-14-22(23)17-21/h3-5,8-11,21-24H,2,6-7,12-18H2,1H3/b5-3+. The van der Waals surface area contributed by atoms with E-state index >= 15 is 0 Å². The minimum atomic E-state index is 0.479. The van der Waals surface area contributed by atoms with E-state index in [0.717, 1.165) is 30.6 Å². The minimum Gasteiger partial charge on any atom is -0.374 e. The van der Waals surface area contributed by atoms with E-state index in [-0.39, 0.29) is 0 Å². The van der Waals surface area contributed by atoms with Gasteiger partial charge in [0.2, 0.25) is 0 Å². The van der Waals surface area contributed by atoms with Gasteiger partial charge in [-0.05, 0) is 87.2 Å². The molecule has 0 amide bonds. The van der Waals surface area contributed by atoms with E-state index in [1.54, 1.807) is 5.56 Å². The van der Waals surface area contributed by atoms with Crippen LogP contribution in [0.2, 0.25) is 0 Å². The Morgan fingerprint density at radius 2 is 1.80 bits per heavy atom. The minimum absolute atomic E-state index is 0.479. The molecule has 2 saturated carbocycles. The van der Waals surface area contributed by atoms with Crippen LogP contribution in [-0.4, -0.2) is 12.7 Å². The zero-order chi connectivity index (χ0) is 17.5. The molecule has 2 aliphatic rings. The molecule has 2 fully saturated rings. The van der Waals surface area contributed by atoms with Crippen LogP contribution < -0.4 is 0 Å². The number of aryl methyl sites for hydroxylation is 1. The van der Waals surface area contributed by atoms with Crippen LogP contribution in [-0.2, 0) is 11.2 Å². The summed E-state index contributed by atoms with van der Waals surface area (Å²) in [7, 11) is 0. The zero-order valence-corrected chi connectivity index (χ0v) is 15.8. The second kappa shape index (κ2) is 9.38. The first-order valence-electron chi connectivity index (χ1n) is 10.2. The summed E-state index contributed by atoms with van der Waals surface area (Å²) in [6.07, 6.45) is 17.1. The molecule has 0 heterocycles. The van der Waals surface area contributed by atoms with Crippen molar-refractivity contribution in [3.8, 4) is 0 Å². The molecule has 0 saturated heterocycles. The fourth-order valence-electron chi connectivity index (χ4n) is 4.88. The Balaban J connectivity index is 1.52. The number of allylic oxidation sites excluding steroid dienone is 2. The lowest BCUT2D eigenvalue weighted by atomic mass is 9.65. The molecule has 1 nitrogen and oxygen atoms in total. The van der Waals surface area contributed by atoms with Gasteiger partial charge in [0.15, 0.2) is 0 Å². The van der Waals surface area contributed by atoms with E-state index in [1.807, 2.05) is 6.08 Å². The summed E-state index contributed by atoms with van der Waals surface area (Å²) < 4.78 is 5.92. The van der Waals surface area contributed by atoms with E-state index in [9.17, 15) is 0 Å². The maximum Gasteiger partial charge on any atom is 0.0648 e. The van der Waals surface area contributed by atoms with Crippen LogP contribution in [0.25, 0.3) is 0 Å². The van der Waals surface area contributed by atoms with Crippen molar-refractivity contribution >= 4 is 0 Å². The van der Waals surface area contributed by atoms with E-state index in [1.165, 1.54) is 44.1 Å². The summed E-state index contributed by atoms with van der Waals surface area (Å²) in [4.78, 5) is 0. The van der Waals surface area contributed by atoms with Crippen molar-refractivity contribution in [3.05, 3.63) is 60.2 Å². The highest BCUT2D eigenvalue weighted by Gasteiger charge is 2.36. The lowest BCUT2D eigenvalue weighted by Crippen LogP contribution is -2.33. The SMILES string of the molecule is C=CCOC1CCC2CC(c3ccc(CC/C=C/C)cc3)CCC2C1. The van der Waals surface area contributed by atoms with Gasteiger partial charge in [-0.25, -0.2) is 0 Å². The van der Waals surface area contributed by atoms with Crippen LogP contribution in [0.1, 0.15) is 68.9 Å². The first-order valence-corrected chi connectivity index (χ1v) is 10.2. The molecule has 4 unspecified atom stereocenters. The topological polar surface area (TPSA) is 9.23 Å². The summed E-state index contributed by atoms with van der Waals surface area (Å²) in [5.74, 6) is 2.58. The summed E-state index contributed by atoms with van der Waals surface area (Å²) in [6, 6.07) is 9.50. The fourth-order valence-corrected chi connectivity index (χ4v) is 4.88. The molecule has 1 heteroatoms. The second-order valence-corrected chi connectivity index (χ2v) is 7.94. The van der Waals surface area contributed by atoms with Gasteiger partial charge in [0.05, 0.1) is 12.7 Å². The lowest BCUT2D eigenvalue weighted by Gasteiger charge is -2.42. The largest absolute Gasteiger partial charge is 0.374 e. The van der Waals surface area contributed by atoms with Gasteiger partial charge in [-0.2, -0.15) is 0 Å². The number of hydrogen-bond acceptors (Lipinski definition) is 1. The molecule has 2 aliphatic carbocycles. The first-order chi connectivity index (χ1) is 12.3. The van der Waals surface area contributed by atoms with E-state index < -0.39 is 0 Å². The Bertz CT molecular complexity index is 556. The van der Waals surface area contributed by atoms with Gasteiger partial charge in [0.25, 0.3) is 0 Å². The summed E-state index contributed by atoms with van der Waals surface area (Å²) >= 11 is 0. The summed E-state index contributed by atoms with van der Waals surface area (Å²) in [5.41, 5.74) is 3.04. The van der Waals surface area contributed by atoms with Crippen molar-refractivity contribution in [3.63, 3.8) is 0 Å². The predicted octanol–water partition coefficient (Wildman–Crippen LogP) is 6.45. The van der Waals surface area contributed by atoms with Crippen molar-refractivity contribution in [1.82, 2.24) is 0 Å². The molecule has 4 atom stereocenters. The highest BCUT2D eigenvalue weighted by Crippen LogP contribution is 2.46. The van der Waals surface area contributed by atoms with Gasteiger partial charge < -0.3 is 4.74 Å². The molecule has 0 N–H and O–H groups in total. The lowest BCUT2D eigenvalue weighted by molar-refractivity contribution is -0.00310. The number of benzene rings is 1. The van der Waals surface area contributed by atoms with Crippen LogP contribution in [0.5, 0.6) is 0 Å². The van der Waals surface area contributed by atoms with Gasteiger partial charge in [-0.15, -0.1) is 6.58 Å². The number of hydrogen-bond donors (Lipinski definition) is 0. The Morgan fingerprint density at radius 3 is 2.56 bits per heavy atom. The van der Waals surface area contributed by atoms with Crippen LogP contribution in [0, 0.1) is 11.8 Å². The highest BCUT2D eigenvalue weighted by molar-refractivity contribution is 5.26. The molecular formula is C24H34O. The quantitative estimate of drug-likeness (QED) is 0.519. The second-order valence-electron chi connectivity index (χ2n) is 7.94. The molecule has 0 radical (unpaired) electrons. The van der Waals surface area contributed by atoms with E-state index in [0.29, 0.717) is 12.7 Å². The van der Waals surface area contributed by atoms with Gasteiger partial charge in [-0.1, -0.05) is 42.5 Å². The number of fused-ring (bicyclic) bond motifs is 1. The average Bonchev–Trinajstić information content (AvgIpc) is 2.66. The Kier molecular flexibility index (Phi) is 6.93. The van der Waals surface area contributed by atoms with E-state index in [4.69, 9.17) is 4.74 Å². The molecular weight excluding hydrogens is 304 g/mol. The zero-order valence-electron chi connectivity index (χ0n) is 15.8. The molecule has 1 aromatic rings. The third-order valence-electron chi connectivity index (χ3n) is 6.30. The number of rotatable bonds is 7. The van der Waals surface area contributed by atoms with Crippen LogP contribution in [0.4, 0.5) is 0 Å². The molecule has 0 spiro atoms. The molecule has 1 aromatic carbocycles. The van der Waals surface area contributed by atoms with Crippen LogP contribution in [0.15, 0.2) is 49.1 Å².